The van der Waals surface area contributed by atoms with Crippen LogP contribution >= 0.6 is 0 Å². The maximum atomic E-state index is 14.0. The van der Waals surface area contributed by atoms with Crippen molar-refractivity contribution in [3.8, 4) is 0 Å². The van der Waals surface area contributed by atoms with Crippen LogP contribution in [0.5, 0.6) is 0 Å². The lowest BCUT2D eigenvalue weighted by Gasteiger charge is -2.32. The number of hydrogen-bond acceptors (Lipinski definition) is 2. The van der Waals surface area contributed by atoms with Gasteiger partial charge >= 0.3 is 0 Å². The monoisotopic (exact) mass is 409 g/mol. The van der Waals surface area contributed by atoms with Crippen LogP contribution in [0.25, 0.3) is 21.9 Å². The minimum absolute atomic E-state index is 0.0656. The van der Waals surface area contributed by atoms with Gasteiger partial charge in [0, 0.05) is 17.5 Å². The highest BCUT2D eigenvalue weighted by Gasteiger charge is 2.29. The first-order valence-electron chi connectivity index (χ1n) is 10.4. The van der Waals surface area contributed by atoms with E-state index in [-0.39, 0.29) is 17.3 Å². The van der Waals surface area contributed by atoms with Crippen LogP contribution in [0.2, 0.25) is 0 Å². The van der Waals surface area contributed by atoms with Gasteiger partial charge in [-0.1, -0.05) is 6.92 Å². The van der Waals surface area contributed by atoms with E-state index in [1.165, 1.54) is 12.1 Å². The van der Waals surface area contributed by atoms with E-state index in [1.807, 2.05) is 6.07 Å². The number of nitrogens with zero attached hydrogens (tertiary/aromatic N) is 2. The third-order valence-electron chi connectivity index (χ3n) is 6.65. The van der Waals surface area contributed by atoms with Gasteiger partial charge in [0.25, 0.3) is 0 Å². The van der Waals surface area contributed by atoms with E-state index in [9.17, 15) is 13.2 Å². The Balaban J connectivity index is 1.35. The highest BCUT2D eigenvalue weighted by molar-refractivity contribution is 5.82. The van der Waals surface area contributed by atoms with Crippen LogP contribution in [0.1, 0.15) is 55.8 Å². The maximum Gasteiger partial charge on any atom is 0.186 e. The molecule has 0 radical (unpaired) electrons. The summed E-state index contributed by atoms with van der Waals surface area (Å²) in [6, 6.07) is 9.41. The molecule has 1 atom stereocenters. The summed E-state index contributed by atoms with van der Waals surface area (Å²) in [6.45, 7) is 2.09. The van der Waals surface area contributed by atoms with Crippen LogP contribution < -0.4 is 0 Å². The van der Waals surface area contributed by atoms with Crippen molar-refractivity contribution in [3.05, 3.63) is 71.4 Å². The van der Waals surface area contributed by atoms with Gasteiger partial charge in [-0.2, -0.15) is 0 Å². The number of halogens is 3. The number of aromatic nitrogens is 3. The smallest absolute Gasteiger partial charge is 0.186 e. The van der Waals surface area contributed by atoms with Gasteiger partial charge in [0.1, 0.15) is 17.2 Å². The fourth-order valence-corrected chi connectivity index (χ4v) is 4.90. The summed E-state index contributed by atoms with van der Waals surface area (Å²) in [6.07, 6.45) is 5.78. The predicted molar refractivity (Wildman–Crippen MR) is 111 cm³/mol. The van der Waals surface area contributed by atoms with E-state index in [1.54, 1.807) is 18.3 Å². The molecule has 6 heteroatoms. The van der Waals surface area contributed by atoms with Gasteiger partial charge in [-0.25, -0.2) is 18.2 Å². The molecule has 5 rings (SSSR count). The number of nitrogens with one attached hydrogen (secondary N) is 1. The molecular formula is C24H22F3N3. The van der Waals surface area contributed by atoms with Gasteiger partial charge in [0.15, 0.2) is 11.6 Å². The molecule has 2 heterocycles. The molecule has 0 saturated heterocycles. The molecule has 3 nitrogen and oxygen atoms in total. The standard InChI is InChI=1S/C24H22F3N3/c1-13(24-29-21-9-7-19(26)22(27)23(21)30-24)14-2-4-15(5-3-14)17-10-11-28-20-8-6-16(25)12-18(17)20/h6-15H,2-5H2,1H3,(H,29,30)/t13-,14-,15+/m1/s1. The highest BCUT2D eigenvalue weighted by Crippen LogP contribution is 2.43. The van der Waals surface area contributed by atoms with E-state index in [0.29, 0.717) is 23.2 Å². The molecule has 30 heavy (non-hydrogen) atoms. The number of H-pyrrole nitrogens is 1. The Kier molecular flexibility index (Phi) is 4.72. The van der Waals surface area contributed by atoms with Gasteiger partial charge < -0.3 is 4.98 Å². The van der Waals surface area contributed by atoms with Crippen molar-refractivity contribution < 1.29 is 13.2 Å². The number of rotatable bonds is 3. The normalized spacial score (nSPS) is 20.7. The Morgan fingerprint density at radius 3 is 2.60 bits per heavy atom. The summed E-state index contributed by atoms with van der Waals surface area (Å²) < 4.78 is 41.3. The number of aromatic amines is 1. The second-order valence-electron chi connectivity index (χ2n) is 8.34. The Bertz CT molecular complexity index is 1230. The van der Waals surface area contributed by atoms with Gasteiger partial charge in [0.2, 0.25) is 0 Å². The molecule has 2 aromatic heterocycles. The lowest BCUT2D eigenvalue weighted by Crippen LogP contribution is -2.19. The fourth-order valence-electron chi connectivity index (χ4n) is 4.90. The van der Waals surface area contributed by atoms with Gasteiger partial charge in [-0.3, -0.25) is 4.98 Å². The molecule has 1 saturated carbocycles. The number of imidazole rings is 1. The first-order valence-corrected chi connectivity index (χ1v) is 10.4. The average molecular weight is 409 g/mol. The largest absolute Gasteiger partial charge is 0.342 e. The second-order valence-corrected chi connectivity index (χ2v) is 8.34. The molecular weight excluding hydrogens is 387 g/mol. The molecule has 0 spiro atoms. The highest BCUT2D eigenvalue weighted by atomic mass is 19.2. The minimum atomic E-state index is -0.900. The van der Waals surface area contributed by atoms with Crippen molar-refractivity contribution in [1.82, 2.24) is 15.0 Å². The Morgan fingerprint density at radius 1 is 1.00 bits per heavy atom. The Morgan fingerprint density at radius 2 is 1.80 bits per heavy atom. The Labute approximate surface area is 172 Å². The van der Waals surface area contributed by atoms with Crippen molar-refractivity contribution in [1.29, 1.82) is 0 Å². The SMILES string of the molecule is C[C@@H](c1nc2c(F)c(F)ccc2[nH]1)[C@H]1CC[C@@H](c2ccnc3ccc(F)cc32)CC1. The zero-order valence-corrected chi connectivity index (χ0v) is 16.6. The average Bonchev–Trinajstić information content (AvgIpc) is 3.21. The molecule has 1 aliphatic carbocycles. The van der Waals surface area contributed by atoms with E-state index in [4.69, 9.17) is 0 Å². The van der Waals surface area contributed by atoms with Crippen molar-refractivity contribution >= 4 is 21.9 Å². The molecule has 0 unspecified atom stereocenters. The lowest BCUT2D eigenvalue weighted by molar-refractivity contribution is 0.286. The quantitative estimate of drug-likeness (QED) is 0.414. The fraction of sp³-hybridized carbons (Fsp3) is 0.333. The molecule has 2 aromatic carbocycles. The van der Waals surface area contributed by atoms with Gasteiger partial charge in [0.05, 0.1) is 11.0 Å². The zero-order valence-electron chi connectivity index (χ0n) is 16.6. The third kappa shape index (κ3) is 3.24. The number of benzene rings is 2. The van der Waals surface area contributed by atoms with E-state index in [0.717, 1.165) is 48.2 Å². The van der Waals surface area contributed by atoms with E-state index >= 15 is 0 Å². The van der Waals surface area contributed by atoms with Gasteiger partial charge in [-0.15, -0.1) is 0 Å². The first-order chi connectivity index (χ1) is 14.5. The molecule has 1 fully saturated rings. The van der Waals surface area contributed by atoms with E-state index < -0.39 is 11.6 Å². The molecule has 1 N–H and O–H groups in total. The van der Waals surface area contributed by atoms with Crippen LogP contribution in [-0.2, 0) is 0 Å². The molecule has 0 bridgehead atoms. The van der Waals surface area contributed by atoms with Crippen molar-refractivity contribution in [2.75, 3.05) is 0 Å². The molecule has 0 aliphatic heterocycles. The predicted octanol–water partition coefficient (Wildman–Crippen LogP) is 6.61. The molecule has 1 aliphatic rings. The summed E-state index contributed by atoms with van der Waals surface area (Å²) in [5.41, 5.74) is 2.57. The number of fused-ring (bicyclic) bond motifs is 2. The molecule has 154 valence electrons. The summed E-state index contributed by atoms with van der Waals surface area (Å²) in [7, 11) is 0. The van der Waals surface area contributed by atoms with E-state index in [2.05, 4.69) is 21.9 Å². The van der Waals surface area contributed by atoms with Crippen LogP contribution in [0, 0.1) is 23.4 Å². The Hall–Kier alpha value is -2.89. The summed E-state index contributed by atoms with van der Waals surface area (Å²) in [5.74, 6) is -0.436. The van der Waals surface area contributed by atoms with Crippen LogP contribution in [0.4, 0.5) is 13.2 Å². The summed E-state index contributed by atoms with van der Waals surface area (Å²) >= 11 is 0. The van der Waals surface area contributed by atoms with Crippen molar-refractivity contribution in [2.45, 2.75) is 44.4 Å². The number of hydrogen-bond donors (Lipinski definition) is 1. The van der Waals surface area contributed by atoms with Crippen molar-refractivity contribution in [2.24, 2.45) is 5.92 Å². The van der Waals surface area contributed by atoms with Crippen LogP contribution in [-0.4, -0.2) is 15.0 Å². The maximum absolute atomic E-state index is 14.0. The third-order valence-corrected chi connectivity index (χ3v) is 6.65. The lowest BCUT2D eigenvalue weighted by atomic mass is 9.73. The summed E-state index contributed by atoms with van der Waals surface area (Å²) in [5, 5.41) is 0.892. The van der Waals surface area contributed by atoms with Crippen LogP contribution in [0.3, 0.4) is 0 Å². The minimum Gasteiger partial charge on any atom is -0.342 e. The topological polar surface area (TPSA) is 41.6 Å². The molecule has 0 amide bonds. The van der Waals surface area contributed by atoms with Gasteiger partial charge in [-0.05, 0) is 79.5 Å². The van der Waals surface area contributed by atoms with Crippen molar-refractivity contribution in [3.63, 3.8) is 0 Å². The first kappa shape index (κ1) is 19.1. The second kappa shape index (κ2) is 7.42. The zero-order chi connectivity index (χ0) is 20.8. The van der Waals surface area contributed by atoms with Crippen LogP contribution in [0.15, 0.2) is 42.6 Å². The molecule has 4 aromatic rings. The number of pyridine rings is 1. The summed E-state index contributed by atoms with van der Waals surface area (Å²) in [4.78, 5) is 11.9.